The third-order valence-electron chi connectivity index (χ3n) is 2.76. The van der Waals surface area contributed by atoms with Crippen molar-refractivity contribution in [3.63, 3.8) is 0 Å². The van der Waals surface area contributed by atoms with Crippen molar-refractivity contribution in [1.29, 1.82) is 0 Å². The molecule has 0 bridgehead atoms. The predicted molar refractivity (Wildman–Crippen MR) is 81.8 cm³/mol. The van der Waals surface area contributed by atoms with Crippen LogP contribution >= 0.6 is 11.3 Å². The van der Waals surface area contributed by atoms with Crippen LogP contribution in [0.2, 0.25) is 0 Å². The van der Waals surface area contributed by atoms with Gasteiger partial charge in [0.15, 0.2) is 0 Å². The van der Waals surface area contributed by atoms with E-state index in [1.165, 1.54) is 6.33 Å². The first kappa shape index (κ1) is 15.1. The minimum atomic E-state index is -0.462. The fourth-order valence-electron chi connectivity index (χ4n) is 1.91. The van der Waals surface area contributed by atoms with E-state index in [9.17, 15) is 10.1 Å². The molecule has 2 heterocycles. The molecule has 0 fully saturated rings. The molecule has 0 saturated heterocycles. The van der Waals surface area contributed by atoms with Crippen LogP contribution in [-0.4, -0.2) is 33.5 Å². The van der Waals surface area contributed by atoms with Gasteiger partial charge in [-0.1, -0.05) is 0 Å². The number of aryl methyl sites for hydroxylation is 1. The van der Waals surface area contributed by atoms with Crippen molar-refractivity contribution in [3.05, 3.63) is 32.5 Å². The highest BCUT2D eigenvalue weighted by molar-refractivity contribution is 7.09. The Morgan fingerprint density at radius 3 is 2.81 bits per heavy atom. The molecule has 112 valence electrons. The molecule has 0 atom stereocenters. The normalized spacial score (nSPS) is 10.4. The summed E-state index contributed by atoms with van der Waals surface area (Å²) in [5.41, 5.74) is 0.742. The van der Waals surface area contributed by atoms with Crippen molar-refractivity contribution < 1.29 is 4.92 Å². The van der Waals surface area contributed by atoms with Crippen LogP contribution in [0.3, 0.4) is 0 Å². The minimum Gasteiger partial charge on any atom is -0.364 e. The van der Waals surface area contributed by atoms with E-state index in [2.05, 4.69) is 20.3 Å². The van der Waals surface area contributed by atoms with Gasteiger partial charge in [0.2, 0.25) is 11.6 Å². The van der Waals surface area contributed by atoms with Gasteiger partial charge in [-0.25, -0.2) is 15.0 Å². The minimum absolute atomic E-state index is 0.117. The van der Waals surface area contributed by atoms with E-state index in [1.807, 2.05) is 19.2 Å². The molecular weight excluding hydrogens is 292 g/mol. The maximum Gasteiger partial charge on any atom is 0.353 e. The van der Waals surface area contributed by atoms with Gasteiger partial charge < -0.3 is 10.2 Å². The molecule has 2 aromatic rings. The first-order chi connectivity index (χ1) is 10.0. The molecule has 8 nitrogen and oxygen atoms in total. The highest BCUT2D eigenvalue weighted by atomic mass is 32.1. The summed E-state index contributed by atoms with van der Waals surface area (Å²) in [5.74, 6) is 0.505. The molecule has 0 aromatic carbocycles. The van der Waals surface area contributed by atoms with Crippen molar-refractivity contribution in [2.24, 2.45) is 0 Å². The molecule has 2 rings (SSSR count). The van der Waals surface area contributed by atoms with Gasteiger partial charge in [0, 0.05) is 19.0 Å². The van der Waals surface area contributed by atoms with E-state index in [1.54, 1.807) is 23.3 Å². The summed E-state index contributed by atoms with van der Waals surface area (Å²) in [6, 6.07) is 0. The fourth-order valence-corrected chi connectivity index (χ4v) is 2.52. The Balaban J connectivity index is 2.33. The Hall–Kier alpha value is -2.29. The Bertz CT molecular complexity index is 644. The number of thiazole rings is 1. The van der Waals surface area contributed by atoms with Crippen LogP contribution in [0.5, 0.6) is 0 Å². The lowest BCUT2D eigenvalue weighted by Gasteiger charge is -2.17. The summed E-state index contributed by atoms with van der Waals surface area (Å²) in [6.45, 7) is 4.78. The van der Waals surface area contributed by atoms with Crippen LogP contribution in [0.25, 0.3) is 0 Å². The quantitative estimate of drug-likeness (QED) is 0.645. The maximum absolute atomic E-state index is 11.3. The molecule has 0 spiro atoms. The highest BCUT2D eigenvalue weighted by Crippen LogP contribution is 2.31. The number of anilines is 2. The third kappa shape index (κ3) is 3.43. The molecule has 0 radical (unpaired) electrons. The van der Waals surface area contributed by atoms with Gasteiger partial charge in [-0.05, 0) is 13.8 Å². The van der Waals surface area contributed by atoms with Crippen LogP contribution in [-0.2, 0) is 6.54 Å². The summed E-state index contributed by atoms with van der Waals surface area (Å²) in [5, 5.41) is 17.1. The van der Waals surface area contributed by atoms with E-state index in [4.69, 9.17) is 0 Å². The second kappa shape index (κ2) is 6.44. The molecule has 21 heavy (non-hydrogen) atoms. The molecule has 0 aliphatic rings. The summed E-state index contributed by atoms with van der Waals surface area (Å²) in [6.07, 6.45) is 1.32. The fraction of sp³-hybridized carbons (Fsp3) is 0.417. The average Bonchev–Trinajstić information content (AvgIpc) is 2.84. The molecule has 0 saturated carbocycles. The van der Waals surface area contributed by atoms with Gasteiger partial charge >= 0.3 is 5.69 Å². The molecule has 1 N–H and O–H groups in total. The Labute approximate surface area is 126 Å². The van der Waals surface area contributed by atoms with E-state index >= 15 is 0 Å². The third-order valence-corrected chi connectivity index (χ3v) is 3.58. The molecule has 0 amide bonds. The molecule has 9 heteroatoms. The Kier molecular flexibility index (Phi) is 4.63. The van der Waals surface area contributed by atoms with E-state index < -0.39 is 4.92 Å². The maximum atomic E-state index is 11.3. The zero-order valence-electron chi connectivity index (χ0n) is 12.0. The summed E-state index contributed by atoms with van der Waals surface area (Å²) in [4.78, 5) is 24.9. The Morgan fingerprint density at radius 1 is 1.48 bits per heavy atom. The smallest absolute Gasteiger partial charge is 0.353 e. The summed E-state index contributed by atoms with van der Waals surface area (Å²) < 4.78 is 0. The largest absolute Gasteiger partial charge is 0.364 e. The van der Waals surface area contributed by atoms with Gasteiger partial charge in [-0.3, -0.25) is 10.1 Å². The number of nitro groups is 1. The molecule has 0 aliphatic heterocycles. The van der Waals surface area contributed by atoms with Gasteiger partial charge in [-0.15, -0.1) is 11.3 Å². The van der Waals surface area contributed by atoms with Crippen molar-refractivity contribution in [1.82, 2.24) is 15.0 Å². The van der Waals surface area contributed by atoms with E-state index in [0.29, 0.717) is 13.1 Å². The number of hydrogen-bond acceptors (Lipinski definition) is 8. The average molecular weight is 308 g/mol. The second-order valence-corrected chi connectivity index (χ2v) is 5.46. The SMILES string of the molecule is CCNc1ncnc(N(C)Cc2csc(C)n2)c1[N+](=O)[O-]. The van der Waals surface area contributed by atoms with Crippen LogP contribution in [0.1, 0.15) is 17.6 Å². The molecular formula is C12H16N6O2S. The lowest BCUT2D eigenvalue weighted by atomic mass is 10.3. The lowest BCUT2D eigenvalue weighted by molar-refractivity contribution is -0.383. The number of nitrogens with zero attached hydrogens (tertiary/aromatic N) is 5. The zero-order chi connectivity index (χ0) is 15.4. The molecule has 2 aromatic heterocycles. The number of aromatic nitrogens is 3. The highest BCUT2D eigenvalue weighted by Gasteiger charge is 2.25. The van der Waals surface area contributed by atoms with Gasteiger partial charge in [0.25, 0.3) is 0 Å². The number of hydrogen-bond donors (Lipinski definition) is 1. The van der Waals surface area contributed by atoms with Crippen molar-refractivity contribution >= 4 is 28.7 Å². The van der Waals surface area contributed by atoms with Crippen molar-refractivity contribution in [2.75, 3.05) is 23.8 Å². The first-order valence-corrected chi connectivity index (χ1v) is 7.26. The summed E-state index contributed by atoms with van der Waals surface area (Å²) in [7, 11) is 1.75. The standard InChI is InChI=1S/C12H16N6O2S/c1-4-13-11-10(18(19)20)12(15-7-14-11)17(3)5-9-6-21-8(2)16-9/h6-7H,4-5H2,1-3H3,(H,13,14,15). The second-order valence-electron chi connectivity index (χ2n) is 4.40. The Morgan fingerprint density at radius 2 is 2.24 bits per heavy atom. The van der Waals surface area contributed by atoms with Crippen LogP contribution < -0.4 is 10.2 Å². The zero-order valence-corrected chi connectivity index (χ0v) is 12.8. The predicted octanol–water partition coefficient (Wildman–Crippen LogP) is 2.22. The van der Waals surface area contributed by atoms with E-state index in [0.717, 1.165) is 10.7 Å². The van der Waals surface area contributed by atoms with Gasteiger partial charge in [0.1, 0.15) is 6.33 Å². The van der Waals surface area contributed by atoms with Crippen LogP contribution in [0.4, 0.5) is 17.3 Å². The topological polar surface area (TPSA) is 97.1 Å². The van der Waals surface area contributed by atoms with Gasteiger partial charge in [0.05, 0.1) is 22.2 Å². The first-order valence-electron chi connectivity index (χ1n) is 6.38. The van der Waals surface area contributed by atoms with E-state index in [-0.39, 0.29) is 17.3 Å². The monoisotopic (exact) mass is 308 g/mol. The molecule has 0 unspecified atom stereocenters. The van der Waals surface area contributed by atoms with Crippen molar-refractivity contribution in [2.45, 2.75) is 20.4 Å². The number of nitrogens with one attached hydrogen (secondary N) is 1. The lowest BCUT2D eigenvalue weighted by Crippen LogP contribution is -2.20. The number of rotatable bonds is 6. The molecule has 0 aliphatic carbocycles. The van der Waals surface area contributed by atoms with Crippen LogP contribution in [0, 0.1) is 17.0 Å². The summed E-state index contributed by atoms with van der Waals surface area (Å²) >= 11 is 1.55. The van der Waals surface area contributed by atoms with Crippen molar-refractivity contribution in [3.8, 4) is 0 Å². The van der Waals surface area contributed by atoms with Gasteiger partial charge in [-0.2, -0.15) is 0 Å². The van der Waals surface area contributed by atoms with Crippen LogP contribution in [0.15, 0.2) is 11.7 Å².